The zero-order valence-corrected chi connectivity index (χ0v) is 10.2. The lowest BCUT2D eigenvalue weighted by Crippen LogP contribution is -2.42. The predicted molar refractivity (Wildman–Crippen MR) is 65.7 cm³/mol. The van der Waals surface area contributed by atoms with Crippen molar-refractivity contribution in [2.45, 2.75) is 25.9 Å². The molecule has 4 heteroatoms. The van der Waals surface area contributed by atoms with Gasteiger partial charge in [0, 0.05) is 38.9 Å². The third-order valence-electron chi connectivity index (χ3n) is 3.56. The summed E-state index contributed by atoms with van der Waals surface area (Å²) in [7, 11) is 1.77. The Balaban J connectivity index is 2.19. The number of allylic oxidation sites excluding steroid dienone is 1. The van der Waals surface area contributed by atoms with Crippen LogP contribution < -0.4 is 5.32 Å². The van der Waals surface area contributed by atoms with Gasteiger partial charge in [-0.25, -0.2) is 0 Å². The zero-order valence-electron chi connectivity index (χ0n) is 10.2. The summed E-state index contributed by atoms with van der Waals surface area (Å²) in [5, 5.41) is 13.2. The Morgan fingerprint density at radius 3 is 2.75 bits per heavy atom. The minimum absolute atomic E-state index is 0.349. The average molecular weight is 223 g/mol. The fourth-order valence-corrected chi connectivity index (χ4v) is 2.59. The molecule has 2 N–H and O–H groups in total. The number of aliphatic imine (C=N–C) groups is 1. The van der Waals surface area contributed by atoms with Crippen molar-refractivity contribution in [3.05, 3.63) is 11.3 Å². The molecule has 1 unspecified atom stereocenters. The Hall–Kier alpha value is -0.870. The second-order valence-corrected chi connectivity index (χ2v) is 4.46. The van der Waals surface area contributed by atoms with Gasteiger partial charge < -0.3 is 15.3 Å². The van der Waals surface area contributed by atoms with Crippen LogP contribution in [-0.4, -0.2) is 55.0 Å². The van der Waals surface area contributed by atoms with Crippen LogP contribution >= 0.6 is 0 Å². The molecule has 0 amide bonds. The summed E-state index contributed by atoms with van der Waals surface area (Å²) in [6.07, 6.45) is 1.44. The summed E-state index contributed by atoms with van der Waals surface area (Å²) < 4.78 is 0. The van der Waals surface area contributed by atoms with Crippen molar-refractivity contribution in [2.75, 3.05) is 33.2 Å². The first-order valence-electron chi connectivity index (χ1n) is 6.04. The number of aliphatic hydroxyl groups is 1. The third-order valence-corrected chi connectivity index (χ3v) is 3.56. The first-order chi connectivity index (χ1) is 7.74. The maximum Gasteiger partial charge on any atom is 0.0961 e. The minimum Gasteiger partial charge on any atom is -0.387 e. The van der Waals surface area contributed by atoms with Crippen LogP contribution in [0.25, 0.3) is 0 Å². The van der Waals surface area contributed by atoms with E-state index in [9.17, 15) is 5.11 Å². The summed E-state index contributed by atoms with van der Waals surface area (Å²) in [6.45, 7) is 6.37. The van der Waals surface area contributed by atoms with Gasteiger partial charge in [0.05, 0.1) is 11.8 Å². The molecule has 2 aliphatic rings. The van der Waals surface area contributed by atoms with Crippen LogP contribution in [0.5, 0.6) is 0 Å². The van der Waals surface area contributed by atoms with Crippen molar-refractivity contribution < 1.29 is 5.11 Å². The highest BCUT2D eigenvalue weighted by atomic mass is 16.3. The van der Waals surface area contributed by atoms with E-state index in [1.54, 1.807) is 7.05 Å². The lowest BCUT2D eigenvalue weighted by Gasteiger charge is -2.31. The van der Waals surface area contributed by atoms with Gasteiger partial charge in [-0.1, -0.05) is 0 Å². The average Bonchev–Trinajstić information content (AvgIpc) is 2.70. The largest absolute Gasteiger partial charge is 0.387 e. The fraction of sp³-hybridized carbons (Fsp3) is 0.750. The lowest BCUT2D eigenvalue weighted by molar-refractivity contribution is 0.242. The van der Waals surface area contributed by atoms with Gasteiger partial charge in [0.15, 0.2) is 0 Å². The number of aliphatic hydroxyl groups excluding tert-OH is 1. The van der Waals surface area contributed by atoms with Gasteiger partial charge in [-0.15, -0.1) is 0 Å². The molecular weight excluding hydrogens is 202 g/mol. The molecule has 4 nitrogen and oxygen atoms in total. The van der Waals surface area contributed by atoms with Gasteiger partial charge in [-0.2, -0.15) is 0 Å². The van der Waals surface area contributed by atoms with E-state index >= 15 is 0 Å². The van der Waals surface area contributed by atoms with Gasteiger partial charge in [0.2, 0.25) is 0 Å². The van der Waals surface area contributed by atoms with Crippen molar-refractivity contribution in [3.8, 4) is 0 Å². The number of hydrogen-bond donors (Lipinski definition) is 2. The third kappa shape index (κ3) is 2.13. The smallest absolute Gasteiger partial charge is 0.0961 e. The van der Waals surface area contributed by atoms with Crippen molar-refractivity contribution in [1.82, 2.24) is 10.2 Å². The van der Waals surface area contributed by atoms with Crippen LogP contribution in [-0.2, 0) is 0 Å². The minimum atomic E-state index is -0.349. The van der Waals surface area contributed by atoms with Gasteiger partial charge in [-0.3, -0.25) is 4.99 Å². The molecular formula is C12H21N3O. The Morgan fingerprint density at radius 1 is 1.44 bits per heavy atom. The molecule has 0 bridgehead atoms. The van der Waals surface area contributed by atoms with Crippen molar-refractivity contribution in [2.24, 2.45) is 4.99 Å². The summed E-state index contributed by atoms with van der Waals surface area (Å²) in [6, 6.07) is 0. The van der Waals surface area contributed by atoms with E-state index in [-0.39, 0.29) is 6.10 Å². The molecule has 2 rings (SSSR count). The molecule has 0 radical (unpaired) electrons. The Kier molecular flexibility index (Phi) is 3.61. The molecule has 1 saturated carbocycles. The number of nitrogens with zero attached hydrogens (tertiary/aromatic N) is 2. The van der Waals surface area contributed by atoms with Gasteiger partial charge in [-0.05, 0) is 25.3 Å². The molecule has 90 valence electrons. The van der Waals surface area contributed by atoms with Crippen LogP contribution in [0.1, 0.15) is 19.8 Å². The van der Waals surface area contributed by atoms with Crippen LogP contribution in [0.3, 0.4) is 0 Å². The molecule has 1 saturated heterocycles. The second kappa shape index (κ2) is 4.97. The predicted octanol–water partition coefficient (Wildman–Crippen LogP) is 0.391. The quantitative estimate of drug-likeness (QED) is 0.676. The SMILES string of the molecule is CN=C1/C(=C(\C)N2CCNCC2)CCC1O. The highest BCUT2D eigenvalue weighted by Gasteiger charge is 2.27. The normalized spacial score (nSPS) is 32.3. The first-order valence-corrected chi connectivity index (χ1v) is 6.04. The zero-order chi connectivity index (χ0) is 11.5. The lowest BCUT2D eigenvalue weighted by atomic mass is 10.1. The maximum atomic E-state index is 9.81. The van der Waals surface area contributed by atoms with E-state index in [4.69, 9.17) is 0 Å². The Bertz CT molecular complexity index is 316. The first kappa shape index (κ1) is 11.6. The van der Waals surface area contributed by atoms with Crippen molar-refractivity contribution in [1.29, 1.82) is 0 Å². The van der Waals surface area contributed by atoms with Crippen molar-refractivity contribution >= 4 is 5.71 Å². The number of piperazine rings is 1. The Morgan fingerprint density at radius 2 is 2.12 bits per heavy atom. The maximum absolute atomic E-state index is 9.81. The fourth-order valence-electron chi connectivity index (χ4n) is 2.59. The van der Waals surface area contributed by atoms with Crippen molar-refractivity contribution in [3.63, 3.8) is 0 Å². The standard InChI is InChI=1S/C12H21N3O/c1-9(15-7-5-14-6-8-15)10-3-4-11(16)12(10)13-2/h11,14,16H,3-8H2,1-2H3/b10-9+,13-12?. The van der Waals surface area contributed by atoms with E-state index in [2.05, 4.69) is 22.1 Å². The van der Waals surface area contributed by atoms with E-state index in [1.807, 2.05) is 0 Å². The molecule has 1 atom stereocenters. The van der Waals surface area contributed by atoms with E-state index in [0.717, 1.165) is 44.7 Å². The number of nitrogens with one attached hydrogen (secondary N) is 1. The van der Waals surface area contributed by atoms with E-state index < -0.39 is 0 Å². The topological polar surface area (TPSA) is 47.9 Å². The number of hydrogen-bond acceptors (Lipinski definition) is 4. The molecule has 1 heterocycles. The van der Waals surface area contributed by atoms with Crippen LogP contribution in [0.2, 0.25) is 0 Å². The molecule has 0 aromatic carbocycles. The Labute approximate surface area is 97.1 Å². The summed E-state index contributed by atoms with van der Waals surface area (Å²) in [5.41, 5.74) is 3.46. The summed E-state index contributed by atoms with van der Waals surface area (Å²) >= 11 is 0. The van der Waals surface area contributed by atoms with E-state index in [1.165, 1.54) is 11.3 Å². The molecule has 0 aromatic rings. The molecule has 0 spiro atoms. The van der Waals surface area contributed by atoms with Gasteiger partial charge >= 0.3 is 0 Å². The molecule has 1 aliphatic heterocycles. The number of rotatable bonds is 1. The highest BCUT2D eigenvalue weighted by molar-refractivity contribution is 6.05. The molecule has 16 heavy (non-hydrogen) atoms. The molecule has 0 aromatic heterocycles. The van der Waals surface area contributed by atoms with Gasteiger partial charge in [0.25, 0.3) is 0 Å². The second-order valence-electron chi connectivity index (χ2n) is 4.46. The summed E-state index contributed by atoms with van der Waals surface area (Å²) in [4.78, 5) is 6.63. The van der Waals surface area contributed by atoms with Crippen LogP contribution in [0, 0.1) is 0 Å². The van der Waals surface area contributed by atoms with Crippen LogP contribution in [0.4, 0.5) is 0 Å². The highest BCUT2D eigenvalue weighted by Crippen LogP contribution is 2.27. The van der Waals surface area contributed by atoms with E-state index in [0.29, 0.717) is 0 Å². The summed E-state index contributed by atoms with van der Waals surface area (Å²) in [5.74, 6) is 0. The van der Waals surface area contributed by atoms with Gasteiger partial charge in [0.1, 0.15) is 0 Å². The van der Waals surface area contributed by atoms with Crippen LogP contribution in [0.15, 0.2) is 16.3 Å². The molecule has 2 fully saturated rings. The monoisotopic (exact) mass is 223 g/mol. The molecule has 1 aliphatic carbocycles.